The minimum atomic E-state index is -0.300. The second-order valence-electron chi connectivity index (χ2n) is 6.44. The minimum Gasteiger partial charge on any atom is -0.350 e. The van der Waals surface area contributed by atoms with Crippen LogP contribution < -0.4 is 5.32 Å². The molecule has 2 heterocycles. The van der Waals surface area contributed by atoms with Crippen LogP contribution in [0.1, 0.15) is 23.8 Å². The summed E-state index contributed by atoms with van der Waals surface area (Å²) in [6, 6.07) is 7.26. The van der Waals surface area contributed by atoms with Gasteiger partial charge in [0.2, 0.25) is 11.8 Å². The van der Waals surface area contributed by atoms with E-state index >= 15 is 0 Å². The van der Waals surface area contributed by atoms with Crippen LogP contribution in [0.5, 0.6) is 0 Å². The first-order chi connectivity index (χ1) is 13.4. The van der Waals surface area contributed by atoms with E-state index < -0.39 is 0 Å². The summed E-state index contributed by atoms with van der Waals surface area (Å²) in [6.07, 6.45) is 0.222. The van der Waals surface area contributed by atoms with Crippen LogP contribution in [0, 0.1) is 0 Å². The van der Waals surface area contributed by atoms with Crippen molar-refractivity contribution in [3.8, 4) is 10.6 Å². The second kappa shape index (κ2) is 9.16. The van der Waals surface area contributed by atoms with Gasteiger partial charge in [0.25, 0.3) is 5.91 Å². The number of halogens is 1. The number of benzene rings is 1. The highest BCUT2D eigenvalue weighted by molar-refractivity contribution is 7.13. The van der Waals surface area contributed by atoms with Gasteiger partial charge in [-0.05, 0) is 12.1 Å². The van der Waals surface area contributed by atoms with Crippen LogP contribution in [-0.4, -0.2) is 65.2 Å². The number of nitrogens with zero attached hydrogens (tertiary/aromatic N) is 3. The average molecular weight is 421 g/mol. The van der Waals surface area contributed by atoms with Crippen molar-refractivity contribution in [2.75, 3.05) is 32.7 Å². The molecular formula is C19H21ClN4O3S. The van der Waals surface area contributed by atoms with Crippen molar-refractivity contribution < 1.29 is 14.4 Å². The zero-order chi connectivity index (χ0) is 20.1. The van der Waals surface area contributed by atoms with Gasteiger partial charge in [0.1, 0.15) is 10.7 Å². The fourth-order valence-corrected chi connectivity index (χ4v) is 3.84. The maximum absolute atomic E-state index is 12.3. The van der Waals surface area contributed by atoms with Gasteiger partial charge in [-0.3, -0.25) is 14.4 Å². The van der Waals surface area contributed by atoms with E-state index in [4.69, 9.17) is 11.6 Å². The predicted molar refractivity (Wildman–Crippen MR) is 108 cm³/mol. The van der Waals surface area contributed by atoms with E-state index in [0.29, 0.717) is 36.9 Å². The van der Waals surface area contributed by atoms with Gasteiger partial charge in [0.05, 0.1) is 0 Å². The van der Waals surface area contributed by atoms with Crippen molar-refractivity contribution in [1.82, 2.24) is 20.1 Å². The summed E-state index contributed by atoms with van der Waals surface area (Å²) < 4.78 is 0. The molecule has 0 bridgehead atoms. The monoisotopic (exact) mass is 420 g/mol. The molecule has 3 rings (SSSR count). The van der Waals surface area contributed by atoms with Gasteiger partial charge < -0.3 is 15.1 Å². The molecular weight excluding hydrogens is 400 g/mol. The molecule has 0 saturated carbocycles. The Labute approximate surface area is 172 Å². The molecule has 0 aliphatic carbocycles. The van der Waals surface area contributed by atoms with Gasteiger partial charge in [0.15, 0.2) is 0 Å². The van der Waals surface area contributed by atoms with Crippen LogP contribution in [0.2, 0.25) is 5.02 Å². The summed E-state index contributed by atoms with van der Waals surface area (Å²) in [5, 5.41) is 5.82. The van der Waals surface area contributed by atoms with Crippen molar-refractivity contribution in [2.45, 2.75) is 13.3 Å². The van der Waals surface area contributed by atoms with E-state index in [-0.39, 0.29) is 30.7 Å². The van der Waals surface area contributed by atoms with E-state index in [0.717, 1.165) is 10.6 Å². The van der Waals surface area contributed by atoms with E-state index in [2.05, 4.69) is 10.3 Å². The smallest absolute Gasteiger partial charge is 0.270 e. The zero-order valence-corrected chi connectivity index (χ0v) is 17.1. The fraction of sp³-hybridized carbons (Fsp3) is 0.368. The Morgan fingerprint density at radius 2 is 1.75 bits per heavy atom. The number of carbonyl (C=O) groups excluding carboxylic acids is 3. The molecule has 0 spiro atoms. The van der Waals surface area contributed by atoms with Gasteiger partial charge in [-0.1, -0.05) is 23.7 Å². The quantitative estimate of drug-likeness (QED) is 0.804. The number of aromatic nitrogens is 1. The number of carbonyl (C=O) groups is 3. The predicted octanol–water partition coefficient (Wildman–Crippen LogP) is 2.27. The molecule has 1 aromatic heterocycles. The number of amides is 3. The van der Waals surface area contributed by atoms with Crippen molar-refractivity contribution >= 4 is 40.7 Å². The van der Waals surface area contributed by atoms with Gasteiger partial charge in [-0.2, -0.15) is 0 Å². The summed E-state index contributed by atoms with van der Waals surface area (Å²) in [5.41, 5.74) is 1.23. The van der Waals surface area contributed by atoms with E-state index in [1.54, 1.807) is 27.3 Å². The summed E-state index contributed by atoms with van der Waals surface area (Å²) in [4.78, 5) is 43.7. The van der Waals surface area contributed by atoms with Crippen molar-refractivity contribution in [3.63, 3.8) is 0 Å². The van der Waals surface area contributed by atoms with Crippen LogP contribution in [0.25, 0.3) is 10.6 Å². The number of hydrogen-bond acceptors (Lipinski definition) is 5. The van der Waals surface area contributed by atoms with E-state index in [1.807, 2.05) is 12.1 Å². The van der Waals surface area contributed by atoms with Crippen LogP contribution in [0.3, 0.4) is 0 Å². The largest absolute Gasteiger partial charge is 0.350 e. The summed E-state index contributed by atoms with van der Waals surface area (Å²) in [5.74, 6) is -0.296. The van der Waals surface area contributed by atoms with Crippen molar-refractivity contribution in [3.05, 3.63) is 40.4 Å². The molecule has 2 aromatic rings. The third-order valence-electron chi connectivity index (χ3n) is 4.53. The zero-order valence-electron chi connectivity index (χ0n) is 15.5. The highest BCUT2D eigenvalue weighted by Gasteiger charge is 2.22. The second-order valence-corrected chi connectivity index (χ2v) is 7.73. The lowest BCUT2D eigenvalue weighted by molar-refractivity contribution is -0.138. The van der Waals surface area contributed by atoms with Gasteiger partial charge in [-0.25, -0.2) is 4.98 Å². The molecule has 1 N–H and O–H groups in total. The van der Waals surface area contributed by atoms with E-state index in [1.165, 1.54) is 18.3 Å². The lowest BCUT2D eigenvalue weighted by Crippen LogP contribution is -2.50. The average Bonchev–Trinajstić information content (AvgIpc) is 3.18. The lowest BCUT2D eigenvalue weighted by Gasteiger charge is -2.34. The Kier molecular flexibility index (Phi) is 6.64. The number of piperazine rings is 1. The summed E-state index contributed by atoms with van der Waals surface area (Å²) >= 11 is 7.26. The molecule has 28 heavy (non-hydrogen) atoms. The molecule has 1 fully saturated rings. The van der Waals surface area contributed by atoms with Crippen LogP contribution in [0.15, 0.2) is 29.6 Å². The Morgan fingerprint density at radius 3 is 2.39 bits per heavy atom. The molecule has 3 amide bonds. The van der Waals surface area contributed by atoms with E-state index in [9.17, 15) is 14.4 Å². The van der Waals surface area contributed by atoms with Gasteiger partial charge in [0, 0.05) is 62.0 Å². The highest BCUT2D eigenvalue weighted by atomic mass is 35.5. The molecule has 148 valence electrons. The molecule has 0 unspecified atom stereocenters. The summed E-state index contributed by atoms with van der Waals surface area (Å²) in [7, 11) is 0. The first-order valence-electron chi connectivity index (χ1n) is 8.97. The number of thiazole rings is 1. The first-order valence-corrected chi connectivity index (χ1v) is 10.2. The molecule has 9 heteroatoms. The number of hydrogen-bond donors (Lipinski definition) is 1. The third-order valence-corrected chi connectivity index (χ3v) is 5.67. The summed E-state index contributed by atoms with van der Waals surface area (Å²) in [6.45, 7) is 3.95. The first kappa shape index (κ1) is 20.3. The topological polar surface area (TPSA) is 82.6 Å². The standard InChI is InChI=1S/C19H21ClN4O3S/c1-13(25)23-8-10-24(11-9-23)17(26)6-7-21-18(27)16-12-28-19(22-16)14-2-4-15(20)5-3-14/h2-5,12H,6-11H2,1H3,(H,21,27). The van der Waals surface area contributed by atoms with Crippen molar-refractivity contribution in [2.24, 2.45) is 0 Å². The Hall–Kier alpha value is -2.45. The molecule has 1 aromatic carbocycles. The third kappa shape index (κ3) is 5.08. The Morgan fingerprint density at radius 1 is 1.11 bits per heavy atom. The fourth-order valence-electron chi connectivity index (χ4n) is 2.91. The molecule has 1 aliphatic heterocycles. The van der Waals surface area contributed by atoms with Gasteiger partial charge >= 0.3 is 0 Å². The lowest BCUT2D eigenvalue weighted by atomic mass is 10.2. The molecule has 1 aliphatic rings. The number of rotatable bonds is 5. The minimum absolute atomic E-state index is 0.0244. The van der Waals surface area contributed by atoms with Crippen LogP contribution >= 0.6 is 22.9 Å². The molecule has 0 atom stereocenters. The molecule has 7 nitrogen and oxygen atoms in total. The highest BCUT2D eigenvalue weighted by Crippen LogP contribution is 2.25. The SMILES string of the molecule is CC(=O)N1CCN(C(=O)CCNC(=O)c2csc(-c3ccc(Cl)cc3)n2)CC1. The normalized spacial score (nSPS) is 14.1. The Balaban J connectivity index is 1.45. The maximum Gasteiger partial charge on any atom is 0.270 e. The molecule has 1 saturated heterocycles. The maximum atomic E-state index is 12.3. The van der Waals surface area contributed by atoms with Crippen molar-refractivity contribution in [1.29, 1.82) is 0 Å². The Bertz CT molecular complexity index is 860. The van der Waals surface area contributed by atoms with Gasteiger partial charge in [-0.15, -0.1) is 11.3 Å². The van der Waals surface area contributed by atoms with Crippen LogP contribution in [-0.2, 0) is 9.59 Å². The number of nitrogens with one attached hydrogen (secondary N) is 1. The molecule has 0 radical (unpaired) electrons. The van der Waals surface area contributed by atoms with Crippen LogP contribution in [0.4, 0.5) is 0 Å².